The second-order valence-corrected chi connectivity index (χ2v) is 9.76. The Morgan fingerprint density at radius 1 is 1.04 bits per heavy atom. The third-order valence-corrected chi connectivity index (χ3v) is 7.58. The summed E-state index contributed by atoms with van der Waals surface area (Å²) in [5, 5.41) is 0. The summed E-state index contributed by atoms with van der Waals surface area (Å²) in [5.41, 5.74) is 1.40. The molecule has 0 bridgehead atoms. The van der Waals surface area contributed by atoms with Gasteiger partial charge in [-0.15, -0.1) is 0 Å². The third kappa shape index (κ3) is 3.63. The van der Waals surface area contributed by atoms with Crippen molar-refractivity contribution in [2.24, 2.45) is 0 Å². The van der Waals surface area contributed by atoms with Gasteiger partial charge < -0.3 is 0 Å². The van der Waals surface area contributed by atoms with Crippen LogP contribution in [0.5, 0.6) is 0 Å². The first-order valence-electron chi connectivity index (χ1n) is 7.98. The van der Waals surface area contributed by atoms with Crippen LogP contribution in [0.25, 0.3) is 0 Å². The molecule has 0 aromatic heterocycles. The Labute approximate surface area is 164 Å². The first-order chi connectivity index (χ1) is 12.1. The van der Waals surface area contributed by atoms with E-state index in [2.05, 4.69) is 0 Å². The van der Waals surface area contributed by atoms with Crippen LogP contribution in [0.3, 0.4) is 0 Å². The quantitative estimate of drug-likeness (QED) is 0.451. The Morgan fingerprint density at radius 3 is 2.15 bits per heavy atom. The molecule has 0 aliphatic carbocycles. The molecule has 3 atom stereocenters. The maximum atomic E-state index is 13.7. The molecule has 140 valence electrons. The molecule has 0 N–H and O–H groups in total. The molecule has 3 rings (SSSR count). The van der Waals surface area contributed by atoms with Crippen LogP contribution in [0.1, 0.15) is 23.6 Å². The molecule has 3 nitrogen and oxygen atoms in total. The number of sulfonamides is 1. The van der Waals surface area contributed by atoms with Gasteiger partial charge in [-0.3, -0.25) is 0 Å². The number of hydrogen-bond donors (Lipinski definition) is 0. The van der Waals surface area contributed by atoms with Gasteiger partial charge in [-0.2, -0.15) is 17.5 Å². The number of hydrogen-bond acceptors (Lipinski definition) is 2. The molecule has 1 aliphatic rings. The summed E-state index contributed by atoms with van der Waals surface area (Å²) in [4.78, 5) is -0.121. The fraction of sp³-hybridized carbons (Fsp3) is 0.333. The largest absolute Gasteiger partial charge is 0.405 e. The van der Waals surface area contributed by atoms with Crippen molar-refractivity contribution in [1.82, 2.24) is 4.31 Å². The minimum atomic E-state index is -4.63. The van der Waals surface area contributed by atoms with E-state index in [1.807, 2.05) is 22.6 Å². The lowest BCUT2D eigenvalue weighted by molar-refractivity contribution is -0.167. The number of benzene rings is 2. The van der Waals surface area contributed by atoms with Gasteiger partial charge in [-0.05, 0) is 31.0 Å². The average molecular weight is 495 g/mol. The van der Waals surface area contributed by atoms with Crippen molar-refractivity contribution in [3.63, 3.8) is 0 Å². The first kappa shape index (κ1) is 19.6. The van der Waals surface area contributed by atoms with Crippen molar-refractivity contribution in [3.05, 3.63) is 65.7 Å². The fourth-order valence-electron chi connectivity index (χ4n) is 3.23. The normalized spacial score (nSPS) is 24.7. The van der Waals surface area contributed by atoms with E-state index in [4.69, 9.17) is 0 Å². The second-order valence-electron chi connectivity index (χ2n) is 6.31. The summed E-state index contributed by atoms with van der Waals surface area (Å²) < 4.78 is 67.5. The number of rotatable bonds is 3. The Hall–Kier alpha value is -1.13. The van der Waals surface area contributed by atoms with Gasteiger partial charge in [0, 0.05) is 3.92 Å². The smallest absolute Gasteiger partial charge is 0.207 e. The molecule has 0 spiro atoms. The molecule has 2 aromatic rings. The fourth-order valence-corrected chi connectivity index (χ4v) is 6.53. The van der Waals surface area contributed by atoms with Gasteiger partial charge in [0.1, 0.15) is 6.04 Å². The van der Waals surface area contributed by atoms with Crippen molar-refractivity contribution >= 4 is 32.6 Å². The third-order valence-electron chi connectivity index (χ3n) is 4.49. The summed E-state index contributed by atoms with van der Waals surface area (Å²) >= 11 is 1.93. The zero-order chi connectivity index (χ0) is 19.1. The van der Waals surface area contributed by atoms with Gasteiger partial charge in [0.15, 0.2) is 0 Å². The van der Waals surface area contributed by atoms with Crippen molar-refractivity contribution in [2.75, 3.05) is 0 Å². The predicted molar refractivity (Wildman–Crippen MR) is 102 cm³/mol. The number of alkyl halides is 4. The highest BCUT2D eigenvalue weighted by atomic mass is 127. The van der Waals surface area contributed by atoms with Crippen LogP contribution in [0.4, 0.5) is 13.2 Å². The number of aryl methyl sites for hydroxylation is 1. The molecule has 1 saturated heterocycles. The summed E-state index contributed by atoms with van der Waals surface area (Å²) in [6.07, 6.45) is -4.90. The summed E-state index contributed by atoms with van der Waals surface area (Å²) in [6.45, 7) is 1.79. The van der Waals surface area contributed by atoms with Gasteiger partial charge in [0.25, 0.3) is 0 Å². The Kier molecular flexibility index (Phi) is 5.38. The van der Waals surface area contributed by atoms with Gasteiger partial charge >= 0.3 is 6.18 Å². The summed E-state index contributed by atoms with van der Waals surface area (Å²) in [6, 6.07) is 11.5. The van der Waals surface area contributed by atoms with Crippen LogP contribution >= 0.6 is 22.6 Å². The monoisotopic (exact) mass is 495 g/mol. The Bertz CT molecular complexity index is 870. The maximum Gasteiger partial charge on any atom is 0.405 e. The molecule has 26 heavy (non-hydrogen) atoms. The molecule has 1 fully saturated rings. The van der Waals surface area contributed by atoms with Gasteiger partial charge in [0.2, 0.25) is 10.0 Å². The summed E-state index contributed by atoms with van der Waals surface area (Å²) in [7, 11) is -4.31. The Balaban J connectivity index is 2.14. The lowest BCUT2D eigenvalue weighted by Crippen LogP contribution is -2.45. The number of halogens is 4. The minimum Gasteiger partial charge on any atom is -0.207 e. The molecule has 0 saturated carbocycles. The van der Waals surface area contributed by atoms with E-state index in [0.29, 0.717) is 9.87 Å². The average Bonchev–Trinajstić information content (AvgIpc) is 2.94. The highest BCUT2D eigenvalue weighted by Gasteiger charge is 2.57. The Morgan fingerprint density at radius 2 is 1.62 bits per heavy atom. The van der Waals surface area contributed by atoms with Crippen LogP contribution in [0.15, 0.2) is 59.5 Å². The summed E-state index contributed by atoms with van der Waals surface area (Å²) in [5.74, 6) is 0. The van der Waals surface area contributed by atoms with E-state index in [-0.39, 0.29) is 11.3 Å². The second kappa shape index (κ2) is 7.12. The van der Waals surface area contributed by atoms with Crippen LogP contribution in [0.2, 0.25) is 0 Å². The molecule has 1 heterocycles. The number of nitrogens with zero attached hydrogens (tertiary/aromatic N) is 1. The van der Waals surface area contributed by atoms with Crippen molar-refractivity contribution < 1.29 is 21.6 Å². The van der Waals surface area contributed by atoms with E-state index in [0.717, 1.165) is 5.56 Å². The first-order valence-corrected chi connectivity index (χ1v) is 10.7. The van der Waals surface area contributed by atoms with E-state index in [1.165, 1.54) is 12.1 Å². The molecule has 2 aromatic carbocycles. The van der Waals surface area contributed by atoms with Crippen LogP contribution in [-0.4, -0.2) is 28.9 Å². The van der Waals surface area contributed by atoms with Crippen molar-refractivity contribution in [2.45, 2.75) is 40.4 Å². The van der Waals surface area contributed by atoms with E-state index >= 15 is 0 Å². The topological polar surface area (TPSA) is 37.4 Å². The molecule has 0 radical (unpaired) electrons. The van der Waals surface area contributed by atoms with E-state index < -0.39 is 32.2 Å². The lowest BCUT2D eigenvalue weighted by Gasteiger charge is -2.31. The highest BCUT2D eigenvalue weighted by molar-refractivity contribution is 14.1. The lowest BCUT2D eigenvalue weighted by atomic mass is 10.1. The molecule has 8 heteroatoms. The van der Waals surface area contributed by atoms with Gasteiger partial charge in [-0.1, -0.05) is 70.6 Å². The van der Waals surface area contributed by atoms with Crippen LogP contribution < -0.4 is 0 Å². The van der Waals surface area contributed by atoms with Crippen molar-refractivity contribution in [3.8, 4) is 0 Å². The standard InChI is InChI=1S/C18H17F3INO2S/c1-12-7-9-14(10-8-12)26(24,25)23-16(18(19,20)21)11-15(22)17(23)13-5-3-2-4-6-13/h2-10,15-17H,11H2,1H3/t15-,16-,17+/m0/s1. The highest BCUT2D eigenvalue weighted by Crippen LogP contribution is 2.48. The molecular formula is C18H17F3INO2S. The van der Waals surface area contributed by atoms with Crippen LogP contribution in [0, 0.1) is 6.92 Å². The molecule has 0 unspecified atom stereocenters. The van der Waals surface area contributed by atoms with Gasteiger partial charge in [0.05, 0.1) is 10.9 Å². The van der Waals surface area contributed by atoms with E-state index in [9.17, 15) is 21.6 Å². The predicted octanol–water partition coefficient (Wildman–Crippen LogP) is 4.87. The SMILES string of the molecule is Cc1ccc(S(=O)(=O)N2[C@H](c3ccccc3)[C@@H](I)C[C@H]2C(F)(F)F)cc1. The van der Waals surface area contributed by atoms with E-state index in [1.54, 1.807) is 49.4 Å². The van der Waals surface area contributed by atoms with Gasteiger partial charge in [-0.25, -0.2) is 8.42 Å². The molecular weight excluding hydrogens is 478 g/mol. The molecule has 1 aliphatic heterocycles. The molecule has 0 amide bonds. The minimum absolute atomic E-state index is 0.121. The van der Waals surface area contributed by atoms with Crippen molar-refractivity contribution in [1.29, 1.82) is 0 Å². The zero-order valence-electron chi connectivity index (χ0n) is 13.8. The van der Waals surface area contributed by atoms with Crippen LogP contribution in [-0.2, 0) is 10.0 Å². The maximum absolute atomic E-state index is 13.7. The zero-order valence-corrected chi connectivity index (χ0v) is 16.8.